The first-order valence-electron chi connectivity index (χ1n) is 6.36. The zero-order valence-corrected chi connectivity index (χ0v) is 12.1. The summed E-state index contributed by atoms with van der Waals surface area (Å²) in [7, 11) is 2.19. The van der Waals surface area contributed by atoms with Crippen LogP contribution in [0.3, 0.4) is 0 Å². The highest BCUT2D eigenvalue weighted by atomic mass is 79.9. The van der Waals surface area contributed by atoms with E-state index < -0.39 is 0 Å². The maximum absolute atomic E-state index is 5.81. The number of hydrogen-bond acceptors (Lipinski definition) is 2. The number of aromatic amines is 1. The molecule has 1 aromatic carbocycles. The summed E-state index contributed by atoms with van der Waals surface area (Å²) in [4.78, 5) is 5.80. The number of nitrogens with zero attached hydrogens (tertiary/aromatic N) is 1. The summed E-state index contributed by atoms with van der Waals surface area (Å²) >= 11 is 3.59. The minimum absolute atomic E-state index is 0.479. The van der Waals surface area contributed by atoms with Gasteiger partial charge < -0.3 is 10.7 Å². The number of likely N-dealkylation sites (tertiary alicyclic amines) is 1. The van der Waals surface area contributed by atoms with Crippen LogP contribution in [0.15, 0.2) is 28.9 Å². The summed E-state index contributed by atoms with van der Waals surface area (Å²) < 4.78 is 1.13. The lowest BCUT2D eigenvalue weighted by Crippen LogP contribution is -2.20. The van der Waals surface area contributed by atoms with Crippen LogP contribution in [0.1, 0.15) is 18.0 Å². The van der Waals surface area contributed by atoms with Crippen LogP contribution in [0.25, 0.3) is 10.9 Å². The Morgan fingerprint density at radius 1 is 1.50 bits per heavy atom. The number of H-pyrrole nitrogens is 1. The zero-order chi connectivity index (χ0) is 12.7. The van der Waals surface area contributed by atoms with Gasteiger partial charge in [0.05, 0.1) is 5.52 Å². The molecule has 0 amide bonds. The van der Waals surface area contributed by atoms with Crippen LogP contribution in [-0.4, -0.2) is 30.0 Å². The van der Waals surface area contributed by atoms with Crippen LogP contribution in [0.5, 0.6) is 0 Å². The molecule has 18 heavy (non-hydrogen) atoms. The van der Waals surface area contributed by atoms with Crippen LogP contribution in [0.2, 0.25) is 0 Å². The summed E-state index contributed by atoms with van der Waals surface area (Å²) in [6.07, 6.45) is 3.17. The lowest BCUT2D eigenvalue weighted by atomic mass is 9.98. The second-order valence-corrected chi connectivity index (χ2v) is 6.05. The standard InChI is InChI=1S/C14H18BrN3/c1-18-8-9(6-16)5-13(18)11-4-2-3-10-12(15)7-17-14(10)11/h2-4,7,9,13,17H,5-6,8,16H2,1H3. The lowest BCUT2D eigenvalue weighted by molar-refractivity contribution is 0.315. The van der Waals surface area contributed by atoms with E-state index in [2.05, 4.69) is 51.1 Å². The molecule has 0 radical (unpaired) electrons. The third-order valence-corrected chi connectivity index (χ3v) is 4.68. The van der Waals surface area contributed by atoms with Crippen LogP contribution in [-0.2, 0) is 0 Å². The summed E-state index contributed by atoms with van der Waals surface area (Å²) in [5.41, 5.74) is 8.45. The van der Waals surface area contributed by atoms with Gasteiger partial charge in [0.25, 0.3) is 0 Å². The molecule has 2 heterocycles. The number of nitrogens with two attached hydrogens (primary N) is 1. The van der Waals surface area contributed by atoms with Crippen LogP contribution in [0, 0.1) is 5.92 Å². The number of hydrogen-bond donors (Lipinski definition) is 2. The Morgan fingerprint density at radius 3 is 3.06 bits per heavy atom. The van der Waals surface area contributed by atoms with E-state index in [1.807, 2.05) is 6.20 Å². The van der Waals surface area contributed by atoms with Crippen molar-refractivity contribution in [3.05, 3.63) is 34.4 Å². The van der Waals surface area contributed by atoms with Crippen molar-refractivity contribution in [1.29, 1.82) is 0 Å². The molecule has 3 rings (SSSR count). The first kappa shape index (κ1) is 12.2. The second kappa shape index (κ2) is 4.68. The molecule has 96 valence electrons. The molecule has 2 unspecified atom stereocenters. The maximum atomic E-state index is 5.81. The van der Waals surface area contributed by atoms with Gasteiger partial charge in [-0.05, 0) is 47.4 Å². The van der Waals surface area contributed by atoms with E-state index in [1.54, 1.807) is 0 Å². The van der Waals surface area contributed by atoms with Crippen molar-refractivity contribution < 1.29 is 0 Å². The van der Waals surface area contributed by atoms with Gasteiger partial charge in [0.2, 0.25) is 0 Å². The van der Waals surface area contributed by atoms with Crippen LogP contribution < -0.4 is 5.73 Å². The Labute approximate surface area is 115 Å². The van der Waals surface area contributed by atoms with Gasteiger partial charge in [-0.15, -0.1) is 0 Å². The fourth-order valence-electron chi connectivity index (χ4n) is 3.06. The highest BCUT2D eigenvalue weighted by molar-refractivity contribution is 9.10. The van der Waals surface area contributed by atoms with Gasteiger partial charge in [0.15, 0.2) is 0 Å². The predicted octanol–water partition coefficient (Wildman–Crippen LogP) is 2.88. The average Bonchev–Trinajstić information content (AvgIpc) is 2.93. The second-order valence-electron chi connectivity index (χ2n) is 5.20. The summed E-state index contributed by atoms with van der Waals surface area (Å²) in [6.45, 7) is 1.88. The Bertz CT molecular complexity index is 563. The molecular formula is C14H18BrN3. The Kier molecular flexibility index (Phi) is 3.18. The van der Waals surface area contributed by atoms with Crippen molar-refractivity contribution in [2.75, 3.05) is 20.1 Å². The number of nitrogens with one attached hydrogen (secondary N) is 1. The van der Waals surface area contributed by atoms with E-state index in [0.717, 1.165) is 24.0 Å². The predicted molar refractivity (Wildman–Crippen MR) is 78.5 cm³/mol. The highest BCUT2D eigenvalue weighted by Gasteiger charge is 2.30. The largest absolute Gasteiger partial charge is 0.360 e. The van der Waals surface area contributed by atoms with E-state index in [9.17, 15) is 0 Å². The molecule has 0 aliphatic carbocycles. The number of halogens is 1. The molecule has 0 saturated carbocycles. The monoisotopic (exact) mass is 307 g/mol. The topological polar surface area (TPSA) is 45.0 Å². The molecule has 2 atom stereocenters. The van der Waals surface area contributed by atoms with Gasteiger partial charge in [0, 0.05) is 28.6 Å². The molecular weight excluding hydrogens is 290 g/mol. The normalized spacial score (nSPS) is 25.1. The molecule has 2 aromatic rings. The van der Waals surface area contributed by atoms with E-state index in [1.165, 1.54) is 16.5 Å². The Hall–Kier alpha value is -0.840. The van der Waals surface area contributed by atoms with Crippen LogP contribution >= 0.6 is 15.9 Å². The smallest absolute Gasteiger partial charge is 0.0514 e. The van der Waals surface area contributed by atoms with E-state index in [4.69, 9.17) is 5.73 Å². The molecule has 0 bridgehead atoms. The van der Waals surface area contributed by atoms with E-state index in [-0.39, 0.29) is 0 Å². The maximum Gasteiger partial charge on any atom is 0.0514 e. The average molecular weight is 308 g/mol. The molecule has 3 nitrogen and oxygen atoms in total. The van der Waals surface area contributed by atoms with Crippen molar-refractivity contribution in [2.24, 2.45) is 11.7 Å². The highest BCUT2D eigenvalue weighted by Crippen LogP contribution is 2.38. The number of rotatable bonds is 2. The van der Waals surface area contributed by atoms with Gasteiger partial charge in [0.1, 0.15) is 0 Å². The molecule has 1 aliphatic rings. The van der Waals surface area contributed by atoms with Crippen molar-refractivity contribution in [2.45, 2.75) is 12.5 Å². The number of aromatic nitrogens is 1. The fraction of sp³-hybridized carbons (Fsp3) is 0.429. The Morgan fingerprint density at radius 2 is 2.33 bits per heavy atom. The number of para-hydroxylation sites is 1. The Balaban J connectivity index is 2.04. The van der Waals surface area contributed by atoms with Gasteiger partial charge in [-0.2, -0.15) is 0 Å². The van der Waals surface area contributed by atoms with Gasteiger partial charge >= 0.3 is 0 Å². The minimum Gasteiger partial charge on any atom is -0.360 e. The fourth-order valence-corrected chi connectivity index (χ4v) is 3.51. The summed E-state index contributed by atoms with van der Waals surface area (Å²) in [5.74, 6) is 0.619. The van der Waals surface area contributed by atoms with Crippen LogP contribution in [0.4, 0.5) is 0 Å². The van der Waals surface area contributed by atoms with E-state index in [0.29, 0.717) is 12.0 Å². The molecule has 4 heteroatoms. The third-order valence-electron chi connectivity index (χ3n) is 4.02. The van der Waals surface area contributed by atoms with Crippen molar-refractivity contribution in [1.82, 2.24) is 9.88 Å². The quantitative estimate of drug-likeness (QED) is 0.896. The molecule has 1 aliphatic heterocycles. The molecule has 1 fully saturated rings. The van der Waals surface area contributed by atoms with Crippen molar-refractivity contribution >= 4 is 26.8 Å². The van der Waals surface area contributed by atoms with Gasteiger partial charge in [-0.3, -0.25) is 4.90 Å². The van der Waals surface area contributed by atoms with Crippen molar-refractivity contribution in [3.63, 3.8) is 0 Å². The van der Waals surface area contributed by atoms with Gasteiger partial charge in [-0.25, -0.2) is 0 Å². The van der Waals surface area contributed by atoms with Crippen molar-refractivity contribution in [3.8, 4) is 0 Å². The zero-order valence-electron chi connectivity index (χ0n) is 10.5. The first-order valence-corrected chi connectivity index (χ1v) is 7.15. The summed E-state index contributed by atoms with van der Waals surface area (Å²) in [6, 6.07) is 6.99. The molecule has 3 N–H and O–H groups in total. The third kappa shape index (κ3) is 1.88. The summed E-state index contributed by atoms with van der Waals surface area (Å²) in [5, 5.41) is 1.26. The SMILES string of the molecule is CN1CC(CN)CC1c1cccc2c(Br)c[nH]c12. The number of benzene rings is 1. The molecule has 1 saturated heterocycles. The lowest BCUT2D eigenvalue weighted by Gasteiger charge is -2.20. The van der Waals surface area contributed by atoms with Gasteiger partial charge in [-0.1, -0.05) is 18.2 Å². The number of fused-ring (bicyclic) bond motifs is 1. The van der Waals surface area contributed by atoms with E-state index >= 15 is 0 Å². The molecule has 0 spiro atoms. The minimum atomic E-state index is 0.479. The molecule has 1 aromatic heterocycles. The first-order chi connectivity index (χ1) is 8.70.